The van der Waals surface area contributed by atoms with Gasteiger partial charge in [0.05, 0.1) is 17.3 Å². The van der Waals surface area contributed by atoms with Crippen molar-refractivity contribution in [1.29, 1.82) is 5.26 Å². The number of nitriles is 1. The lowest BCUT2D eigenvalue weighted by molar-refractivity contribution is 0.476. The Morgan fingerprint density at radius 2 is 2.00 bits per heavy atom. The molecule has 1 aromatic heterocycles. The lowest BCUT2D eigenvalue weighted by atomic mass is 10.0. The molecule has 1 N–H and O–H groups in total. The Morgan fingerprint density at radius 1 is 1.22 bits per heavy atom. The van der Waals surface area contributed by atoms with Crippen LogP contribution in [0.1, 0.15) is 28.8 Å². The molecule has 3 aromatic rings. The predicted molar refractivity (Wildman–Crippen MR) is 128 cm³/mol. The largest absolute Gasteiger partial charge is 0.455 e. The molecule has 0 saturated heterocycles. The summed E-state index contributed by atoms with van der Waals surface area (Å²) in [5.74, 6) is 0.865. The molecule has 0 amide bonds. The number of benzene rings is 2. The number of ether oxygens (including phenoxy) is 1. The van der Waals surface area contributed by atoms with Crippen LogP contribution in [0.3, 0.4) is 0 Å². The molecule has 0 bridgehead atoms. The van der Waals surface area contributed by atoms with Crippen molar-refractivity contribution >= 4 is 28.7 Å². The number of aryl methyl sites for hydroxylation is 1. The van der Waals surface area contributed by atoms with E-state index in [1.54, 1.807) is 37.2 Å². The van der Waals surface area contributed by atoms with Crippen LogP contribution in [0.5, 0.6) is 11.5 Å². The van der Waals surface area contributed by atoms with Gasteiger partial charge >= 0.3 is 0 Å². The molecule has 32 heavy (non-hydrogen) atoms. The van der Waals surface area contributed by atoms with Crippen LogP contribution >= 0.6 is 11.6 Å². The average Bonchev–Trinajstić information content (AvgIpc) is 3.17. The van der Waals surface area contributed by atoms with E-state index in [1.807, 2.05) is 25.1 Å². The minimum absolute atomic E-state index is 0.232. The number of hydrogen-bond donors (Lipinski definition) is 1. The maximum absolute atomic E-state index is 12.9. The molecule has 162 valence electrons. The molecule has 0 fully saturated rings. The zero-order valence-electron chi connectivity index (χ0n) is 18.2. The van der Waals surface area contributed by atoms with Crippen molar-refractivity contribution in [3.05, 3.63) is 80.2 Å². The molecule has 1 aliphatic rings. The Labute approximate surface area is 191 Å². The number of H-pyrrole nitrogens is 1. The summed E-state index contributed by atoms with van der Waals surface area (Å²) in [5.41, 5.74) is 5.56. The Hall–Kier alpha value is -3.56. The zero-order chi connectivity index (χ0) is 22.8. The van der Waals surface area contributed by atoms with Gasteiger partial charge in [0.1, 0.15) is 11.4 Å². The van der Waals surface area contributed by atoms with Crippen molar-refractivity contribution in [1.82, 2.24) is 4.98 Å². The average molecular weight is 447 g/mol. The Morgan fingerprint density at radius 3 is 2.72 bits per heavy atom. The third-order valence-electron chi connectivity index (χ3n) is 5.48. The SMILES string of the molecule is Cc1c(CCC2=Nc3ccccc3C2)[nH]c(=O)c(N(C)C)c1Oc1cc(Cl)cc(C#N)c1. The molecule has 6 nitrogen and oxygen atoms in total. The summed E-state index contributed by atoms with van der Waals surface area (Å²) in [6, 6.07) is 15.0. The molecular weight excluding hydrogens is 424 g/mol. The molecule has 0 unspecified atom stereocenters. The molecule has 0 radical (unpaired) electrons. The quantitative estimate of drug-likeness (QED) is 0.555. The molecule has 4 rings (SSSR count). The van der Waals surface area contributed by atoms with Crippen molar-refractivity contribution in [2.24, 2.45) is 4.99 Å². The number of hydrogen-bond acceptors (Lipinski definition) is 5. The summed E-state index contributed by atoms with van der Waals surface area (Å²) in [6.07, 6.45) is 2.21. The summed E-state index contributed by atoms with van der Waals surface area (Å²) < 4.78 is 6.14. The topological polar surface area (TPSA) is 81.5 Å². The van der Waals surface area contributed by atoms with Crippen molar-refractivity contribution < 1.29 is 4.74 Å². The number of nitrogens with zero attached hydrogens (tertiary/aromatic N) is 3. The molecule has 2 aromatic carbocycles. The third kappa shape index (κ3) is 4.39. The summed E-state index contributed by atoms with van der Waals surface area (Å²) in [6.45, 7) is 1.93. The fourth-order valence-electron chi connectivity index (χ4n) is 3.91. The second-order valence-electron chi connectivity index (χ2n) is 8.00. The standard InChI is InChI=1S/C25H23ClN4O2/c1-15-21(9-8-19-12-17-6-4-5-7-22(17)28-19)29-25(31)23(30(2)3)24(15)32-20-11-16(14-27)10-18(26)13-20/h4-7,10-11,13H,8-9,12H2,1-3H3,(H,29,31). The number of nitrogens with one attached hydrogen (secondary N) is 1. The molecule has 0 aliphatic carbocycles. The first-order valence-corrected chi connectivity index (χ1v) is 10.7. The molecule has 2 heterocycles. The normalized spacial score (nSPS) is 12.2. The van der Waals surface area contributed by atoms with E-state index in [9.17, 15) is 10.1 Å². The van der Waals surface area contributed by atoms with Gasteiger partial charge in [-0.25, -0.2) is 0 Å². The highest BCUT2D eigenvalue weighted by Crippen LogP contribution is 2.35. The van der Waals surface area contributed by atoms with E-state index in [0.29, 0.717) is 34.2 Å². The number of rotatable bonds is 6. The first-order valence-electron chi connectivity index (χ1n) is 10.3. The van der Waals surface area contributed by atoms with Crippen molar-refractivity contribution in [3.63, 3.8) is 0 Å². The van der Waals surface area contributed by atoms with E-state index >= 15 is 0 Å². The fraction of sp³-hybridized carbons (Fsp3) is 0.240. The van der Waals surface area contributed by atoms with Gasteiger partial charge in [-0.1, -0.05) is 29.8 Å². The number of anilines is 1. The molecule has 0 atom stereocenters. The highest BCUT2D eigenvalue weighted by Gasteiger charge is 2.20. The number of aromatic amines is 1. The highest BCUT2D eigenvalue weighted by molar-refractivity contribution is 6.30. The first-order chi connectivity index (χ1) is 15.4. The molecule has 1 aliphatic heterocycles. The monoisotopic (exact) mass is 446 g/mol. The number of halogens is 1. The van der Waals surface area contributed by atoms with Gasteiger partial charge in [-0.05, 0) is 49.6 Å². The summed E-state index contributed by atoms with van der Waals surface area (Å²) in [4.78, 5) is 22.4. The van der Waals surface area contributed by atoms with E-state index < -0.39 is 0 Å². The van der Waals surface area contributed by atoms with E-state index in [1.165, 1.54) is 5.56 Å². The summed E-state index contributed by atoms with van der Waals surface area (Å²) in [5, 5.41) is 9.63. The molecule has 7 heteroatoms. The lowest BCUT2D eigenvalue weighted by Gasteiger charge is -2.21. The number of fused-ring (bicyclic) bond motifs is 1. The van der Waals surface area contributed by atoms with Crippen LogP contribution in [-0.2, 0) is 12.8 Å². The van der Waals surface area contributed by atoms with Crippen LogP contribution < -0.4 is 15.2 Å². The van der Waals surface area contributed by atoms with Gasteiger partial charge in [0.15, 0.2) is 5.75 Å². The highest BCUT2D eigenvalue weighted by atomic mass is 35.5. The van der Waals surface area contributed by atoms with Crippen molar-refractivity contribution in [2.45, 2.75) is 26.2 Å². The van der Waals surface area contributed by atoms with Crippen molar-refractivity contribution in [3.8, 4) is 17.6 Å². The second-order valence-corrected chi connectivity index (χ2v) is 8.44. The number of para-hydroxylation sites is 1. The van der Waals surface area contributed by atoms with Crippen LogP contribution in [-0.4, -0.2) is 24.8 Å². The fourth-order valence-corrected chi connectivity index (χ4v) is 4.13. The van der Waals surface area contributed by atoms with E-state index in [2.05, 4.69) is 17.1 Å². The summed E-state index contributed by atoms with van der Waals surface area (Å²) in [7, 11) is 3.58. The van der Waals surface area contributed by atoms with Crippen LogP contribution in [0.15, 0.2) is 52.3 Å². The van der Waals surface area contributed by atoms with Gasteiger partial charge < -0.3 is 14.6 Å². The van der Waals surface area contributed by atoms with Crippen LogP contribution in [0.4, 0.5) is 11.4 Å². The zero-order valence-corrected chi connectivity index (χ0v) is 19.0. The van der Waals surface area contributed by atoms with E-state index in [4.69, 9.17) is 21.3 Å². The minimum atomic E-state index is -0.232. The number of aliphatic imine (C=N–C) groups is 1. The molecule has 0 spiro atoms. The van der Waals surface area contributed by atoms with Crippen LogP contribution in [0.25, 0.3) is 0 Å². The summed E-state index contributed by atoms with van der Waals surface area (Å²) >= 11 is 6.14. The van der Waals surface area contributed by atoms with E-state index in [0.717, 1.165) is 35.5 Å². The van der Waals surface area contributed by atoms with Gasteiger partial charge in [0.2, 0.25) is 0 Å². The number of aromatic nitrogens is 1. The first kappa shape index (κ1) is 21.7. The lowest BCUT2D eigenvalue weighted by Crippen LogP contribution is -2.24. The van der Waals surface area contributed by atoms with Gasteiger partial charge in [-0.3, -0.25) is 9.79 Å². The van der Waals surface area contributed by atoms with Gasteiger partial charge in [0, 0.05) is 42.5 Å². The van der Waals surface area contributed by atoms with Crippen molar-refractivity contribution in [2.75, 3.05) is 19.0 Å². The maximum atomic E-state index is 12.9. The van der Waals surface area contributed by atoms with Crippen LogP contribution in [0, 0.1) is 18.3 Å². The van der Waals surface area contributed by atoms with Gasteiger partial charge in [0.25, 0.3) is 5.56 Å². The Bertz CT molecular complexity index is 1320. The molecular formula is C25H23ClN4O2. The maximum Gasteiger partial charge on any atom is 0.275 e. The van der Waals surface area contributed by atoms with Gasteiger partial charge in [-0.2, -0.15) is 5.26 Å². The second kappa shape index (κ2) is 8.89. The number of pyridine rings is 1. The minimum Gasteiger partial charge on any atom is -0.455 e. The smallest absolute Gasteiger partial charge is 0.275 e. The van der Waals surface area contributed by atoms with E-state index in [-0.39, 0.29) is 5.56 Å². The third-order valence-corrected chi connectivity index (χ3v) is 5.70. The van der Waals surface area contributed by atoms with Crippen LogP contribution in [0.2, 0.25) is 5.02 Å². The van der Waals surface area contributed by atoms with Gasteiger partial charge in [-0.15, -0.1) is 0 Å². The predicted octanol–water partition coefficient (Wildman–Crippen LogP) is 5.33. The Balaban J connectivity index is 1.65. The Kier molecular flexibility index (Phi) is 6.02. The molecule has 0 saturated carbocycles.